The maximum absolute atomic E-state index is 13.0. The predicted octanol–water partition coefficient (Wildman–Crippen LogP) is 4.55. The molecule has 31 heavy (non-hydrogen) atoms. The summed E-state index contributed by atoms with van der Waals surface area (Å²) in [6.45, 7) is 9.72. The molecule has 6 heteroatoms. The normalized spacial score (nSPS) is 17.4. The van der Waals surface area contributed by atoms with Crippen molar-refractivity contribution in [2.24, 2.45) is 0 Å². The maximum Gasteiger partial charge on any atom is 0.321 e. The number of carbonyl (C=O) groups is 2. The van der Waals surface area contributed by atoms with E-state index in [4.69, 9.17) is 0 Å². The highest BCUT2D eigenvalue weighted by Crippen LogP contribution is 2.23. The van der Waals surface area contributed by atoms with Gasteiger partial charge in [-0.15, -0.1) is 0 Å². The van der Waals surface area contributed by atoms with Gasteiger partial charge in [-0.3, -0.25) is 0 Å². The van der Waals surface area contributed by atoms with Crippen LogP contribution >= 0.6 is 0 Å². The number of nitrogens with zero attached hydrogens (tertiary/aromatic N) is 3. The number of rotatable bonds is 4. The van der Waals surface area contributed by atoms with Crippen molar-refractivity contribution in [1.29, 1.82) is 0 Å². The van der Waals surface area contributed by atoms with Crippen molar-refractivity contribution in [3.05, 3.63) is 64.7 Å². The average molecular weight is 421 g/mol. The van der Waals surface area contributed by atoms with Crippen LogP contribution in [0.2, 0.25) is 0 Å². The first-order valence-corrected chi connectivity index (χ1v) is 11.1. The fourth-order valence-corrected chi connectivity index (χ4v) is 4.52. The lowest BCUT2D eigenvalue weighted by atomic mass is 10.0. The molecular formula is C25H32N4O2. The Balaban J connectivity index is 1.29. The molecule has 0 atom stereocenters. The molecular weight excluding hydrogens is 388 g/mol. The van der Waals surface area contributed by atoms with Crippen molar-refractivity contribution in [1.82, 2.24) is 14.7 Å². The molecule has 0 saturated carbocycles. The summed E-state index contributed by atoms with van der Waals surface area (Å²) in [6.07, 6.45) is 1.65. The SMILES string of the molecule is Cc1cccc(CN2CCN(C3CCN(C(=O)Nc4ccc(C)c(C)c4)CC3)C2=O)c1. The minimum absolute atomic E-state index is 0.0597. The van der Waals surface area contributed by atoms with Gasteiger partial charge in [-0.2, -0.15) is 0 Å². The lowest BCUT2D eigenvalue weighted by molar-refractivity contribution is 0.139. The van der Waals surface area contributed by atoms with Crippen molar-refractivity contribution in [3.63, 3.8) is 0 Å². The Morgan fingerprint density at radius 1 is 0.968 bits per heavy atom. The highest BCUT2D eigenvalue weighted by Gasteiger charge is 2.36. The monoisotopic (exact) mass is 420 g/mol. The standard InChI is InChI=1S/C25H32N4O2/c1-18-5-4-6-21(15-18)17-28-13-14-29(25(28)31)23-9-11-27(12-10-23)24(30)26-22-8-7-19(2)20(3)16-22/h4-8,15-16,23H,9-14,17H2,1-3H3,(H,26,30). The van der Waals surface area contributed by atoms with Crippen LogP contribution in [-0.4, -0.2) is 59.0 Å². The number of benzene rings is 2. The van der Waals surface area contributed by atoms with Gasteiger partial charge in [-0.25, -0.2) is 9.59 Å². The van der Waals surface area contributed by atoms with Gasteiger partial charge in [-0.1, -0.05) is 35.9 Å². The van der Waals surface area contributed by atoms with E-state index in [0.717, 1.165) is 31.6 Å². The number of nitrogens with one attached hydrogen (secondary N) is 1. The summed E-state index contributed by atoms with van der Waals surface area (Å²) in [5.74, 6) is 0. The number of carbonyl (C=O) groups excluding carboxylic acids is 2. The van der Waals surface area contributed by atoms with E-state index in [0.29, 0.717) is 19.6 Å². The molecule has 0 unspecified atom stereocenters. The van der Waals surface area contributed by atoms with E-state index in [-0.39, 0.29) is 18.1 Å². The van der Waals surface area contributed by atoms with E-state index in [1.807, 2.05) is 45.9 Å². The van der Waals surface area contributed by atoms with Gasteiger partial charge in [0.05, 0.1) is 0 Å². The first kappa shape index (κ1) is 21.2. The third-order valence-electron chi connectivity index (χ3n) is 6.53. The van der Waals surface area contributed by atoms with Crippen LogP contribution in [0.3, 0.4) is 0 Å². The highest BCUT2D eigenvalue weighted by molar-refractivity contribution is 5.89. The smallest absolute Gasteiger partial charge is 0.321 e. The van der Waals surface area contributed by atoms with Crippen molar-refractivity contribution in [2.45, 2.75) is 46.2 Å². The first-order valence-electron chi connectivity index (χ1n) is 11.1. The van der Waals surface area contributed by atoms with E-state index in [1.54, 1.807) is 0 Å². The molecule has 2 saturated heterocycles. The Morgan fingerprint density at radius 2 is 1.74 bits per heavy atom. The molecule has 2 aliphatic rings. The van der Waals surface area contributed by atoms with Gasteiger partial charge in [0.25, 0.3) is 0 Å². The first-order chi connectivity index (χ1) is 14.9. The zero-order chi connectivity index (χ0) is 22.0. The molecule has 6 nitrogen and oxygen atoms in total. The number of hydrogen-bond donors (Lipinski definition) is 1. The third-order valence-corrected chi connectivity index (χ3v) is 6.53. The Kier molecular flexibility index (Phi) is 6.16. The van der Waals surface area contributed by atoms with Gasteiger partial charge in [0.1, 0.15) is 0 Å². The topological polar surface area (TPSA) is 55.9 Å². The van der Waals surface area contributed by atoms with Crippen molar-refractivity contribution in [2.75, 3.05) is 31.5 Å². The minimum atomic E-state index is -0.0597. The summed E-state index contributed by atoms with van der Waals surface area (Å²) >= 11 is 0. The van der Waals surface area contributed by atoms with Gasteiger partial charge >= 0.3 is 12.1 Å². The van der Waals surface area contributed by atoms with Crippen LogP contribution in [0.25, 0.3) is 0 Å². The summed E-state index contributed by atoms with van der Waals surface area (Å²) in [4.78, 5) is 31.4. The third kappa shape index (κ3) is 4.84. The van der Waals surface area contributed by atoms with Crippen LogP contribution in [-0.2, 0) is 6.54 Å². The van der Waals surface area contributed by atoms with E-state index >= 15 is 0 Å². The molecule has 4 rings (SSSR count). The van der Waals surface area contributed by atoms with Crippen molar-refractivity contribution in [3.8, 4) is 0 Å². The number of anilines is 1. The minimum Gasteiger partial charge on any atom is -0.324 e. The maximum atomic E-state index is 13.0. The van der Waals surface area contributed by atoms with Crippen molar-refractivity contribution >= 4 is 17.7 Å². The van der Waals surface area contributed by atoms with Gasteiger partial charge in [0, 0.05) is 44.5 Å². The quantitative estimate of drug-likeness (QED) is 0.789. The number of hydrogen-bond acceptors (Lipinski definition) is 2. The fourth-order valence-electron chi connectivity index (χ4n) is 4.52. The van der Waals surface area contributed by atoms with Crippen LogP contribution in [0.1, 0.15) is 35.1 Å². The zero-order valence-electron chi connectivity index (χ0n) is 18.7. The summed E-state index contributed by atoms with van der Waals surface area (Å²) in [7, 11) is 0. The Morgan fingerprint density at radius 3 is 2.45 bits per heavy atom. The number of urea groups is 2. The summed E-state index contributed by atoms with van der Waals surface area (Å²) in [5, 5.41) is 3.01. The predicted molar refractivity (Wildman–Crippen MR) is 123 cm³/mol. The second-order valence-electron chi connectivity index (χ2n) is 8.83. The van der Waals surface area contributed by atoms with E-state index in [9.17, 15) is 9.59 Å². The number of aryl methyl sites for hydroxylation is 3. The molecule has 0 aliphatic carbocycles. The molecule has 2 fully saturated rings. The van der Waals surface area contributed by atoms with Crippen LogP contribution in [0.15, 0.2) is 42.5 Å². The summed E-state index contributed by atoms with van der Waals surface area (Å²) in [6, 6.07) is 14.6. The van der Waals surface area contributed by atoms with Gasteiger partial charge in [0.15, 0.2) is 0 Å². The molecule has 2 aliphatic heterocycles. The number of likely N-dealkylation sites (tertiary alicyclic amines) is 1. The fraction of sp³-hybridized carbons (Fsp3) is 0.440. The summed E-state index contributed by atoms with van der Waals surface area (Å²) < 4.78 is 0. The van der Waals surface area contributed by atoms with Gasteiger partial charge < -0.3 is 20.0 Å². The molecule has 164 valence electrons. The van der Waals surface area contributed by atoms with Crippen LogP contribution in [0.4, 0.5) is 15.3 Å². The lowest BCUT2D eigenvalue weighted by Gasteiger charge is -2.36. The molecule has 0 spiro atoms. The van der Waals surface area contributed by atoms with Crippen LogP contribution < -0.4 is 5.32 Å². The molecule has 0 bridgehead atoms. The molecule has 2 aromatic carbocycles. The Labute approximate surface area is 184 Å². The number of piperidine rings is 1. The summed E-state index contributed by atoms with van der Waals surface area (Å²) in [5.41, 5.74) is 5.60. The van der Waals surface area contributed by atoms with E-state index < -0.39 is 0 Å². The highest BCUT2D eigenvalue weighted by atomic mass is 16.2. The number of amides is 4. The Hall–Kier alpha value is -3.02. The molecule has 2 aromatic rings. The molecule has 1 N–H and O–H groups in total. The van der Waals surface area contributed by atoms with Gasteiger partial charge in [0.2, 0.25) is 0 Å². The van der Waals surface area contributed by atoms with Crippen LogP contribution in [0, 0.1) is 20.8 Å². The van der Waals surface area contributed by atoms with E-state index in [2.05, 4.69) is 37.4 Å². The molecule has 2 heterocycles. The largest absolute Gasteiger partial charge is 0.324 e. The second kappa shape index (κ2) is 9.00. The van der Waals surface area contributed by atoms with Crippen molar-refractivity contribution < 1.29 is 9.59 Å². The molecule has 4 amide bonds. The Bertz CT molecular complexity index is 966. The second-order valence-corrected chi connectivity index (χ2v) is 8.83. The zero-order valence-corrected chi connectivity index (χ0v) is 18.7. The lowest BCUT2D eigenvalue weighted by Crippen LogP contribution is -2.49. The van der Waals surface area contributed by atoms with Crippen LogP contribution in [0.5, 0.6) is 0 Å². The average Bonchev–Trinajstić information content (AvgIpc) is 3.11. The molecule has 0 radical (unpaired) electrons. The van der Waals surface area contributed by atoms with E-state index in [1.165, 1.54) is 22.3 Å². The molecule has 0 aromatic heterocycles. The van der Waals surface area contributed by atoms with Gasteiger partial charge in [-0.05, 0) is 62.4 Å².